The normalized spacial score (nSPS) is 38.6. The first kappa shape index (κ1) is 15.8. The number of carboxylic acid groups (broad SMARTS) is 1. The van der Waals surface area contributed by atoms with Crippen LogP contribution in [0.3, 0.4) is 0 Å². The Morgan fingerprint density at radius 2 is 1.77 bits per heavy atom. The van der Waals surface area contributed by atoms with Gasteiger partial charge in [0.25, 0.3) is 0 Å². The number of carbonyl (C=O) groups excluding carboxylic acids is 1. The van der Waals surface area contributed by atoms with Crippen LogP contribution in [0.15, 0.2) is 0 Å². The minimum Gasteiger partial charge on any atom is -0.480 e. The topological polar surface area (TPSA) is 69.6 Å². The average molecular weight is 308 g/mol. The number of nitrogens with zero attached hydrogens (tertiary/aromatic N) is 1. The van der Waals surface area contributed by atoms with Crippen molar-refractivity contribution < 1.29 is 14.7 Å². The predicted molar refractivity (Wildman–Crippen MR) is 83.4 cm³/mol. The third kappa shape index (κ3) is 2.75. The second-order valence-corrected chi connectivity index (χ2v) is 7.57. The van der Waals surface area contributed by atoms with Crippen LogP contribution in [0, 0.1) is 11.8 Å². The van der Waals surface area contributed by atoms with Gasteiger partial charge in [-0.05, 0) is 50.4 Å². The Kier molecular flexibility index (Phi) is 4.44. The van der Waals surface area contributed by atoms with E-state index in [-0.39, 0.29) is 24.0 Å². The fourth-order valence-electron chi connectivity index (χ4n) is 4.96. The monoisotopic (exact) mass is 308 g/mol. The van der Waals surface area contributed by atoms with Gasteiger partial charge in [0.1, 0.15) is 6.04 Å². The molecule has 2 aliphatic heterocycles. The Balaban J connectivity index is 1.93. The van der Waals surface area contributed by atoms with Gasteiger partial charge in [0.2, 0.25) is 5.91 Å². The zero-order chi connectivity index (χ0) is 15.9. The summed E-state index contributed by atoms with van der Waals surface area (Å²) in [6.07, 6.45) is 6.99. The Morgan fingerprint density at radius 3 is 2.36 bits per heavy atom. The van der Waals surface area contributed by atoms with Crippen molar-refractivity contribution in [3.8, 4) is 0 Å². The lowest BCUT2D eigenvalue weighted by Crippen LogP contribution is -2.62. The summed E-state index contributed by atoms with van der Waals surface area (Å²) in [6, 6.07) is -0.442. The molecule has 124 valence electrons. The first-order valence-corrected chi connectivity index (χ1v) is 8.80. The third-order valence-electron chi connectivity index (χ3n) is 5.78. The molecule has 1 amide bonds. The molecule has 5 heteroatoms. The van der Waals surface area contributed by atoms with E-state index in [4.69, 9.17) is 0 Å². The molecule has 5 atom stereocenters. The molecule has 22 heavy (non-hydrogen) atoms. The van der Waals surface area contributed by atoms with Crippen molar-refractivity contribution in [3.63, 3.8) is 0 Å². The van der Waals surface area contributed by atoms with Gasteiger partial charge in [0, 0.05) is 12.1 Å². The van der Waals surface area contributed by atoms with E-state index in [0.717, 1.165) is 32.1 Å². The van der Waals surface area contributed by atoms with E-state index in [1.165, 1.54) is 6.42 Å². The first-order valence-electron chi connectivity index (χ1n) is 8.80. The fourth-order valence-corrected chi connectivity index (χ4v) is 4.96. The van der Waals surface area contributed by atoms with Crippen LogP contribution < -0.4 is 5.32 Å². The lowest BCUT2D eigenvalue weighted by Gasteiger charge is -2.50. The molecule has 2 N–H and O–H groups in total. The van der Waals surface area contributed by atoms with Gasteiger partial charge in [-0.3, -0.25) is 4.79 Å². The largest absolute Gasteiger partial charge is 0.480 e. The molecule has 3 rings (SSSR count). The second-order valence-electron chi connectivity index (χ2n) is 7.57. The van der Waals surface area contributed by atoms with Crippen molar-refractivity contribution in [2.24, 2.45) is 11.8 Å². The zero-order valence-electron chi connectivity index (χ0n) is 13.6. The number of aliphatic carboxylic acids is 1. The number of piperidine rings is 1. The molecule has 0 aromatic heterocycles. The highest BCUT2D eigenvalue weighted by atomic mass is 16.4. The summed E-state index contributed by atoms with van der Waals surface area (Å²) < 4.78 is 0. The molecule has 0 aromatic rings. The van der Waals surface area contributed by atoms with Gasteiger partial charge in [0.15, 0.2) is 0 Å². The predicted octanol–water partition coefficient (Wildman–Crippen LogP) is 2.01. The minimum atomic E-state index is -0.832. The Morgan fingerprint density at radius 1 is 1.14 bits per heavy atom. The summed E-state index contributed by atoms with van der Waals surface area (Å²) in [4.78, 5) is 26.5. The quantitative estimate of drug-likeness (QED) is 0.837. The summed E-state index contributed by atoms with van der Waals surface area (Å²) in [5, 5.41) is 13.0. The Labute approximate surface area is 132 Å². The van der Waals surface area contributed by atoms with Crippen molar-refractivity contribution in [2.45, 2.75) is 83.0 Å². The molecule has 2 saturated heterocycles. The van der Waals surface area contributed by atoms with Crippen LogP contribution in [0.4, 0.5) is 0 Å². The number of amides is 1. The third-order valence-corrected chi connectivity index (χ3v) is 5.78. The van der Waals surface area contributed by atoms with E-state index >= 15 is 0 Å². The summed E-state index contributed by atoms with van der Waals surface area (Å²) >= 11 is 0. The molecule has 2 heterocycles. The number of nitrogens with one attached hydrogen (secondary N) is 1. The SMILES string of the molecule is CC(C)N[C@H]1CCC2CCCC3CC[C@@H](C(=O)O)N(C1=O)C23. The van der Waals surface area contributed by atoms with Crippen LogP contribution in [-0.2, 0) is 9.59 Å². The lowest BCUT2D eigenvalue weighted by atomic mass is 9.70. The highest BCUT2D eigenvalue weighted by Crippen LogP contribution is 2.44. The van der Waals surface area contributed by atoms with E-state index in [1.807, 2.05) is 13.8 Å². The molecule has 1 saturated carbocycles. The summed E-state index contributed by atoms with van der Waals surface area (Å²) in [7, 11) is 0. The highest BCUT2D eigenvalue weighted by Gasteiger charge is 2.50. The molecule has 3 aliphatic rings. The van der Waals surface area contributed by atoms with Gasteiger partial charge < -0.3 is 15.3 Å². The number of hydrogen-bond donors (Lipinski definition) is 2. The van der Waals surface area contributed by atoms with Crippen LogP contribution in [0.1, 0.15) is 58.8 Å². The Bertz CT molecular complexity index is 451. The number of carbonyl (C=O) groups is 2. The van der Waals surface area contributed by atoms with E-state index in [0.29, 0.717) is 18.3 Å². The van der Waals surface area contributed by atoms with Gasteiger partial charge in [-0.25, -0.2) is 4.79 Å². The first-order chi connectivity index (χ1) is 10.5. The molecular formula is C17H28N2O3. The van der Waals surface area contributed by atoms with Crippen molar-refractivity contribution >= 4 is 11.9 Å². The summed E-state index contributed by atoms with van der Waals surface area (Å²) in [5.41, 5.74) is 0. The van der Waals surface area contributed by atoms with Crippen molar-refractivity contribution in [1.29, 1.82) is 0 Å². The average Bonchev–Trinajstić information content (AvgIpc) is 2.60. The number of rotatable bonds is 3. The zero-order valence-corrected chi connectivity index (χ0v) is 13.6. The molecule has 3 unspecified atom stereocenters. The van der Waals surface area contributed by atoms with Crippen LogP contribution in [0.5, 0.6) is 0 Å². The van der Waals surface area contributed by atoms with Crippen LogP contribution in [0.25, 0.3) is 0 Å². The Hall–Kier alpha value is -1.10. The molecule has 0 bridgehead atoms. The molecule has 3 fully saturated rings. The van der Waals surface area contributed by atoms with Crippen molar-refractivity contribution in [3.05, 3.63) is 0 Å². The number of hydrogen-bond acceptors (Lipinski definition) is 3. The maximum Gasteiger partial charge on any atom is 0.326 e. The maximum atomic E-state index is 13.1. The van der Waals surface area contributed by atoms with E-state index in [1.54, 1.807) is 4.90 Å². The van der Waals surface area contributed by atoms with Gasteiger partial charge in [-0.15, -0.1) is 0 Å². The lowest BCUT2D eigenvalue weighted by molar-refractivity contribution is -0.160. The van der Waals surface area contributed by atoms with E-state index in [9.17, 15) is 14.7 Å². The van der Waals surface area contributed by atoms with Gasteiger partial charge >= 0.3 is 5.97 Å². The summed E-state index contributed by atoms with van der Waals surface area (Å²) in [5.74, 6) is 0.196. The van der Waals surface area contributed by atoms with Crippen LogP contribution in [-0.4, -0.2) is 46.1 Å². The molecule has 0 aromatic carbocycles. The summed E-state index contributed by atoms with van der Waals surface area (Å²) in [6.45, 7) is 4.08. The van der Waals surface area contributed by atoms with Gasteiger partial charge in [-0.2, -0.15) is 0 Å². The molecule has 0 radical (unpaired) electrons. The second kappa shape index (κ2) is 6.19. The van der Waals surface area contributed by atoms with Gasteiger partial charge in [0.05, 0.1) is 6.04 Å². The van der Waals surface area contributed by atoms with Crippen LogP contribution >= 0.6 is 0 Å². The van der Waals surface area contributed by atoms with Gasteiger partial charge in [-0.1, -0.05) is 20.3 Å². The van der Waals surface area contributed by atoms with E-state index < -0.39 is 12.0 Å². The standard InChI is InChI=1S/C17H28N2O3/c1-10(2)18-13-8-6-11-4-3-5-12-7-9-14(17(21)22)19(15(11)12)16(13)20/h10-15,18H,3-9H2,1-2H3,(H,21,22)/t11?,12?,13-,14-,15?/m0/s1. The fraction of sp³-hybridized carbons (Fsp3) is 0.882. The number of carboxylic acids is 1. The van der Waals surface area contributed by atoms with E-state index in [2.05, 4.69) is 5.32 Å². The van der Waals surface area contributed by atoms with Crippen molar-refractivity contribution in [1.82, 2.24) is 10.2 Å². The maximum absolute atomic E-state index is 13.1. The molecular weight excluding hydrogens is 280 g/mol. The molecule has 0 spiro atoms. The van der Waals surface area contributed by atoms with Crippen LogP contribution in [0.2, 0.25) is 0 Å². The highest BCUT2D eigenvalue weighted by molar-refractivity contribution is 5.88. The smallest absolute Gasteiger partial charge is 0.326 e. The minimum absolute atomic E-state index is 0.0280. The molecule has 1 aliphatic carbocycles. The van der Waals surface area contributed by atoms with Crippen molar-refractivity contribution in [2.75, 3.05) is 0 Å². The molecule has 5 nitrogen and oxygen atoms in total.